The minimum atomic E-state index is -0.480. The first-order chi connectivity index (χ1) is 10.1. The number of carbonyl (C=O) groups excluding carboxylic acids is 2. The van der Waals surface area contributed by atoms with Gasteiger partial charge in [-0.05, 0) is 44.0 Å². The molecular weight excluding hydrogens is 266 g/mol. The van der Waals surface area contributed by atoms with Crippen molar-refractivity contribution in [3.8, 4) is 6.07 Å². The molecule has 1 fully saturated rings. The lowest BCUT2D eigenvalue weighted by molar-refractivity contribution is -0.137. The topological polar surface area (TPSA) is 73.2 Å². The van der Waals surface area contributed by atoms with E-state index in [0.29, 0.717) is 24.2 Å². The first-order valence-electron chi connectivity index (χ1n) is 7.22. The van der Waals surface area contributed by atoms with Gasteiger partial charge >= 0.3 is 0 Å². The van der Waals surface area contributed by atoms with Crippen molar-refractivity contribution in [3.05, 3.63) is 29.8 Å². The van der Waals surface area contributed by atoms with Crippen molar-refractivity contribution >= 4 is 17.5 Å². The second kappa shape index (κ2) is 6.89. The fourth-order valence-electron chi connectivity index (χ4n) is 2.43. The molecule has 1 heterocycles. The second-order valence-corrected chi connectivity index (χ2v) is 5.25. The SMILES string of the molecule is CC(C(=O)Nc1ccc(C#N)cc1)N1CCCCCC1=O. The number of hydrogen-bond donors (Lipinski definition) is 1. The Morgan fingerprint density at radius 2 is 2.00 bits per heavy atom. The van der Waals surface area contributed by atoms with Crippen LogP contribution in [-0.4, -0.2) is 29.3 Å². The Kier molecular flexibility index (Phi) is 4.94. The summed E-state index contributed by atoms with van der Waals surface area (Å²) >= 11 is 0. The molecule has 0 spiro atoms. The summed E-state index contributed by atoms with van der Waals surface area (Å²) in [5.41, 5.74) is 1.18. The van der Waals surface area contributed by atoms with E-state index in [0.717, 1.165) is 19.3 Å². The van der Waals surface area contributed by atoms with Gasteiger partial charge in [0.2, 0.25) is 11.8 Å². The van der Waals surface area contributed by atoms with Gasteiger partial charge < -0.3 is 10.2 Å². The van der Waals surface area contributed by atoms with Crippen molar-refractivity contribution in [2.24, 2.45) is 0 Å². The van der Waals surface area contributed by atoms with Gasteiger partial charge in [0.15, 0.2) is 0 Å². The van der Waals surface area contributed by atoms with Crippen LogP contribution in [0.3, 0.4) is 0 Å². The highest BCUT2D eigenvalue weighted by molar-refractivity contribution is 5.96. The van der Waals surface area contributed by atoms with Gasteiger partial charge in [0.1, 0.15) is 6.04 Å². The van der Waals surface area contributed by atoms with E-state index >= 15 is 0 Å². The van der Waals surface area contributed by atoms with E-state index in [1.807, 2.05) is 6.07 Å². The molecule has 0 radical (unpaired) electrons. The molecule has 0 bridgehead atoms. The summed E-state index contributed by atoms with van der Waals surface area (Å²) < 4.78 is 0. The van der Waals surface area contributed by atoms with Gasteiger partial charge in [0.05, 0.1) is 11.6 Å². The number of rotatable bonds is 3. The number of nitrogens with one attached hydrogen (secondary N) is 1. The number of amides is 2. The van der Waals surface area contributed by atoms with Crippen molar-refractivity contribution < 1.29 is 9.59 Å². The zero-order valence-corrected chi connectivity index (χ0v) is 12.1. The molecule has 1 aromatic carbocycles. The molecular formula is C16H19N3O2. The summed E-state index contributed by atoms with van der Waals surface area (Å²) in [6.07, 6.45) is 3.40. The molecule has 1 atom stereocenters. The van der Waals surface area contributed by atoms with Crippen molar-refractivity contribution in [1.29, 1.82) is 5.26 Å². The number of carbonyl (C=O) groups is 2. The van der Waals surface area contributed by atoms with Crippen LogP contribution in [0.5, 0.6) is 0 Å². The maximum absolute atomic E-state index is 12.3. The molecule has 2 amide bonds. The largest absolute Gasteiger partial charge is 0.331 e. The molecule has 5 heteroatoms. The Morgan fingerprint density at radius 3 is 2.67 bits per heavy atom. The lowest BCUT2D eigenvalue weighted by Gasteiger charge is -2.27. The predicted molar refractivity (Wildman–Crippen MR) is 79.4 cm³/mol. The van der Waals surface area contributed by atoms with Gasteiger partial charge in [-0.3, -0.25) is 9.59 Å². The van der Waals surface area contributed by atoms with Crippen LogP contribution in [0.25, 0.3) is 0 Å². The summed E-state index contributed by atoms with van der Waals surface area (Å²) in [5.74, 6) is -0.148. The number of anilines is 1. The minimum Gasteiger partial charge on any atom is -0.331 e. The van der Waals surface area contributed by atoms with Crippen LogP contribution in [0.1, 0.15) is 38.2 Å². The molecule has 1 unspecified atom stereocenters. The quantitative estimate of drug-likeness (QED) is 0.926. The number of nitriles is 1. The summed E-state index contributed by atoms with van der Waals surface area (Å²) in [5, 5.41) is 11.5. The molecule has 1 aromatic rings. The van der Waals surface area contributed by atoms with Gasteiger partial charge in [-0.25, -0.2) is 0 Å². The highest BCUT2D eigenvalue weighted by Gasteiger charge is 2.26. The Balaban J connectivity index is 2.01. The van der Waals surface area contributed by atoms with Crippen LogP contribution in [0, 0.1) is 11.3 Å². The molecule has 21 heavy (non-hydrogen) atoms. The van der Waals surface area contributed by atoms with E-state index in [2.05, 4.69) is 5.32 Å². The third-order valence-electron chi connectivity index (χ3n) is 3.74. The lowest BCUT2D eigenvalue weighted by Crippen LogP contribution is -2.45. The monoisotopic (exact) mass is 285 g/mol. The zero-order chi connectivity index (χ0) is 15.2. The van der Waals surface area contributed by atoms with Gasteiger partial charge in [-0.15, -0.1) is 0 Å². The van der Waals surface area contributed by atoms with E-state index < -0.39 is 6.04 Å². The van der Waals surface area contributed by atoms with Gasteiger partial charge in [-0.2, -0.15) is 5.26 Å². The molecule has 0 saturated carbocycles. The summed E-state index contributed by atoms with van der Waals surface area (Å²) in [6, 6.07) is 8.22. The smallest absolute Gasteiger partial charge is 0.246 e. The molecule has 1 N–H and O–H groups in total. The Bertz CT molecular complexity index is 560. The van der Waals surface area contributed by atoms with Crippen molar-refractivity contribution in [3.63, 3.8) is 0 Å². The highest BCUT2D eigenvalue weighted by atomic mass is 16.2. The maximum atomic E-state index is 12.3. The molecule has 0 aromatic heterocycles. The average Bonchev–Trinajstić information content (AvgIpc) is 2.71. The normalized spacial score (nSPS) is 16.8. The van der Waals surface area contributed by atoms with Crippen molar-refractivity contribution in [2.75, 3.05) is 11.9 Å². The van der Waals surface area contributed by atoms with Gasteiger partial charge in [-0.1, -0.05) is 6.42 Å². The average molecular weight is 285 g/mol. The Morgan fingerprint density at radius 1 is 1.29 bits per heavy atom. The number of hydrogen-bond acceptors (Lipinski definition) is 3. The van der Waals surface area contributed by atoms with Crippen LogP contribution >= 0.6 is 0 Å². The Labute approximate surface area is 124 Å². The fourth-order valence-corrected chi connectivity index (χ4v) is 2.43. The molecule has 110 valence electrons. The first kappa shape index (κ1) is 15.0. The molecule has 1 aliphatic heterocycles. The molecule has 1 aliphatic rings. The molecule has 5 nitrogen and oxygen atoms in total. The maximum Gasteiger partial charge on any atom is 0.246 e. The van der Waals surface area contributed by atoms with Gasteiger partial charge in [0.25, 0.3) is 0 Å². The lowest BCUT2D eigenvalue weighted by atomic mass is 10.2. The van der Waals surface area contributed by atoms with Crippen LogP contribution in [0.2, 0.25) is 0 Å². The van der Waals surface area contributed by atoms with E-state index in [1.54, 1.807) is 36.1 Å². The van der Waals surface area contributed by atoms with Crippen LogP contribution in [-0.2, 0) is 9.59 Å². The van der Waals surface area contributed by atoms with E-state index in [9.17, 15) is 9.59 Å². The van der Waals surface area contributed by atoms with E-state index in [1.165, 1.54) is 0 Å². The summed E-state index contributed by atoms with van der Waals surface area (Å²) in [6.45, 7) is 2.39. The summed E-state index contributed by atoms with van der Waals surface area (Å²) in [7, 11) is 0. The van der Waals surface area contributed by atoms with E-state index in [-0.39, 0.29) is 11.8 Å². The van der Waals surface area contributed by atoms with Crippen LogP contribution in [0.4, 0.5) is 5.69 Å². The van der Waals surface area contributed by atoms with Gasteiger partial charge in [0, 0.05) is 18.7 Å². The third-order valence-corrected chi connectivity index (χ3v) is 3.74. The third kappa shape index (κ3) is 3.82. The molecule has 0 aliphatic carbocycles. The number of likely N-dealkylation sites (tertiary alicyclic amines) is 1. The van der Waals surface area contributed by atoms with Crippen molar-refractivity contribution in [1.82, 2.24) is 4.90 Å². The predicted octanol–water partition coefficient (Wildman–Crippen LogP) is 2.29. The molecule has 2 rings (SSSR count). The first-order valence-corrected chi connectivity index (χ1v) is 7.22. The summed E-state index contributed by atoms with van der Waals surface area (Å²) in [4.78, 5) is 25.9. The van der Waals surface area contributed by atoms with Crippen molar-refractivity contribution in [2.45, 2.75) is 38.6 Å². The minimum absolute atomic E-state index is 0.0509. The van der Waals surface area contributed by atoms with Crippen LogP contribution < -0.4 is 5.32 Å². The fraction of sp³-hybridized carbons (Fsp3) is 0.438. The number of nitrogens with zero attached hydrogens (tertiary/aromatic N) is 2. The standard InChI is InChI=1S/C16H19N3O2/c1-12(19-10-4-2-3-5-15(19)20)16(21)18-14-8-6-13(11-17)7-9-14/h6-9,12H,2-5,10H2,1H3,(H,18,21). The highest BCUT2D eigenvalue weighted by Crippen LogP contribution is 2.16. The second-order valence-electron chi connectivity index (χ2n) is 5.25. The van der Waals surface area contributed by atoms with Crippen LogP contribution in [0.15, 0.2) is 24.3 Å². The van der Waals surface area contributed by atoms with E-state index in [4.69, 9.17) is 5.26 Å². The number of benzene rings is 1. The molecule has 1 saturated heterocycles. The zero-order valence-electron chi connectivity index (χ0n) is 12.1. The Hall–Kier alpha value is -2.35.